The standard InChI is InChI=1S/C24H17NO5/c26-17-10-4-8-14-20(15-9-5-11-18(27)22(15)23(29)21(14)17)16-12-19(28)25(24(16)30)13-6-2-1-3-7-13/h1-11,16,20,26-27H,12H2/t16-/m0/s1. The first kappa shape index (κ1) is 18.1. The minimum absolute atomic E-state index is 0.0310. The molecule has 1 heterocycles. The summed E-state index contributed by atoms with van der Waals surface area (Å²) in [5.74, 6) is -3.01. The summed E-state index contributed by atoms with van der Waals surface area (Å²) in [5, 5.41) is 20.8. The van der Waals surface area contributed by atoms with E-state index >= 15 is 0 Å². The molecule has 1 aliphatic carbocycles. The lowest BCUT2D eigenvalue weighted by atomic mass is 9.70. The average Bonchev–Trinajstić information content (AvgIpc) is 3.02. The summed E-state index contributed by atoms with van der Waals surface area (Å²) in [5.41, 5.74) is 1.59. The molecule has 1 fully saturated rings. The molecule has 1 saturated heterocycles. The number of hydrogen-bond acceptors (Lipinski definition) is 5. The molecule has 0 spiro atoms. The lowest BCUT2D eigenvalue weighted by molar-refractivity contribution is -0.122. The number of amides is 2. The maximum Gasteiger partial charge on any atom is 0.238 e. The number of hydrogen-bond donors (Lipinski definition) is 2. The Morgan fingerprint density at radius 3 is 1.87 bits per heavy atom. The minimum atomic E-state index is -0.757. The Labute approximate surface area is 172 Å². The van der Waals surface area contributed by atoms with Gasteiger partial charge in [0.2, 0.25) is 17.6 Å². The van der Waals surface area contributed by atoms with E-state index in [2.05, 4.69) is 0 Å². The van der Waals surface area contributed by atoms with Gasteiger partial charge in [0.1, 0.15) is 11.5 Å². The van der Waals surface area contributed by atoms with Crippen molar-refractivity contribution in [1.82, 2.24) is 0 Å². The van der Waals surface area contributed by atoms with Crippen LogP contribution in [0.4, 0.5) is 5.69 Å². The van der Waals surface area contributed by atoms with Gasteiger partial charge >= 0.3 is 0 Å². The lowest BCUT2D eigenvalue weighted by Crippen LogP contribution is -2.33. The van der Waals surface area contributed by atoms with E-state index in [4.69, 9.17) is 0 Å². The highest BCUT2D eigenvalue weighted by molar-refractivity contribution is 6.22. The summed E-state index contributed by atoms with van der Waals surface area (Å²) >= 11 is 0. The number of carbonyl (C=O) groups excluding carboxylic acids is 3. The Bertz CT molecular complexity index is 1160. The average molecular weight is 399 g/mol. The van der Waals surface area contributed by atoms with E-state index < -0.39 is 17.6 Å². The third kappa shape index (κ3) is 2.47. The van der Waals surface area contributed by atoms with Crippen LogP contribution in [-0.4, -0.2) is 27.8 Å². The molecule has 2 amide bonds. The van der Waals surface area contributed by atoms with Crippen molar-refractivity contribution in [2.24, 2.45) is 5.92 Å². The fourth-order valence-corrected chi connectivity index (χ4v) is 4.62. The van der Waals surface area contributed by atoms with Crippen molar-refractivity contribution in [3.8, 4) is 11.5 Å². The first-order valence-electron chi connectivity index (χ1n) is 9.59. The van der Waals surface area contributed by atoms with Gasteiger partial charge in [-0.3, -0.25) is 19.3 Å². The zero-order valence-corrected chi connectivity index (χ0v) is 15.8. The van der Waals surface area contributed by atoms with Crippen LogP contribution < -0.4 is 4.90 Å². The zero-order chi connectivity index (χ0) is 21.0. The molecule has 6 nitrogen and oxygen atoms in total. The van der Waals surface area contributed by atoms with Gasteiger partial charge in [0, 0.05) is 12.3 Å². The number of imide groups is 1. The number of phenolic OH excluding ortho intramolecular Hbond substituents is 2. The maximum absolute atomic E-state index is 13.4. The van der Waals surface area contributed by atoms with Crippen LogP contribution in [0.2, 0.25) is 0 Å². The molecule has 3 aromatic carbocycles. The van der Waals surface area contributed by atoms with E-state index in [0.717, 1.165) is 0 Å². The van der Waals surface area contributed by atoms with Crippen LogP contribution in [0.15, 0.2) is 66.7 Å². The Balaban J connectivity index is 1.69. The summed E-state index contributed by atoms with van der Waals surface area (Å²) < 4.78 is 0. The number of nitrogens with zero attached hydrogens (tertiary/aromatic N) is 1. The fourth-order valence-electron chi connectivity index (χ4n) is 4.62. The van der Waals surface area contributed by atoms with E-state index in [1.54, 1.807) is 54.6 Å². The number of benzene rings is 3. The van der Waals surface area contributed by atoms with E-state index in [-0.39, 0.29) is 40.9 Å². The Kier molecular flexibility index (Phi) is 3.96. The molecule has 2 N–H and O–H groups in total. The van der Waals surface area contributed by atoms with E-state index in [9.17, 15) is 24.6 Å². The second-order valence-electron chi connectivity index (χ2n) is 7.50. The van der Waals surface area contributed by atoms with E-state index in [1.807, 2.05) is 0 Å². The van der Waals surface area contributed by atoms with Crippen molar-refractivity contribution in [2.75, 3.05) is 4.90 Å². The van der Waals surface area contributed by atoms with Gasteiger partial charge < -0.3 is 10.2 Å². The quantitative estimate of drug-likeness (QED) is 0.645. The predicted octanol–water partition coefficient (Wildman–Crippen LogP) is 3.35. The number of fused-ring (bicyclic) bond motifs is 2. The smallest absolute Gasteiger partial charge is 0.238 e. The number of anilines is 1. The Morgan fingerprint density at radius 1 is 0.733 bits per heavy atom. The van der Waals surface area contributed by atoms with Crippen molar-refractivity contribution < 1.29 is 24.6 Å². The summed E-state index contributed by atoms with van der Waals surface area (Å²) in [6.07, 6.45) is -0.0310. The SMILES string of the molecule is O=C1c2c(O)cccc2C([C@@H]2CC(=O)N(c3ccccc3)C2=O)c2cccc(O)c21. The number of para-hydroxylation sites is 1. The third-order valence-corrected chi connectivity index (χ3v) is 5.87. The number of phenols is 2. The largest absolute Gasteiger partial charge is 0.507 e. The van der Waals surface area contributed by atoms with Gasteiger partial charge in [-0.05, 0) is 35.4 Å². The summed E-state index contributed by atoms with van der Waals surface area (Å²) in [4.78, 5) is 40.4. The highest BCUT2D eigenvalue weighted by Crippen LogP contribution is 2.48. The van der Waals surface area contributed by atoms with Crippen LogP contribution in [0.25, 0.3) is 0 Å². The fraction of sp³-hybridized carbons (Fsp3) is 0.125. The molecule has 30 heavy (non-hydrogen) atoms. The summed E-state index contributed by atoms with van der Waals surface area (Å²) in [6.45, 7) is 0. The molecule has 0 bridgehead atoms. The monoisotopic (exact) mass is 399 g/mol. The molecule has 0 aromatic heterocycles. The molecule has 1 atom stereocenters. The van der Waals surface area contributed by atoms with Gasteiger partial charge in [-0.25, -0.2) is 0 Å². The van der Waals surface area contributed by atoms with Crippen LogP contribution >= 0.6 is 0 Å². The molecular weight excluding hydrogens is 382 g/mol. The van der Waals surface area contributed by atoms with Gasteiger partial charge in [-0.15, -0.1) is 0 Å². The Morgan fingerprint density at radius 2 is 1.30 bits per heavy atom. The van der Waals surface area contributed by atoms with Crippen LogP contribution in [-0.2, 0) is 9.59 Å². The first-order chi connectivity index (χ1) is 14.5. The highest BCUT2D eigenvalue weighted by Gasteiger charge is 2.48. The first-order valence-corrected chi connectivity index (χ1v) is 9.59. The van der Waals surface area contributed by atoms with Crippen LogP contribution in [0.5, 0.6) is 11.5 Å². The second-order valence-corrected chi connectivity index (χ2v) is 7.50. The third-order valence-electron chi connectivity index (χ3n) is 5.87. The molecule has 0 unspecified atom stereocenters. The molecule has 2 aliphatic rings. The topological polar surface area (TPSA) is 94.9 Å². The van der Waals surface area contributed by atoms with Crippen LogP contribution in [0.1, 0.15) is 39.4 Å². The molecule has 0 saturated carbocycles. The van der Waals surface area contributed by atoms with Crippen molar-refractivity contribution in [2.45, 2.75) is 12.3 Å². The van der Waals surface area contributed by atoms with Gasteiger partial charge in [-0.1, -0.05) is 42.5 Å². The molecular formula is C24H17NO5. The van der Waals surface area contributed by atoms with Crippen LogP contribution in [0, 0.1) is 5.92 Å². The van der Waals surface area contributed by atoms with Gasteiger partial charge in [0.15, 0.2) is 0 Å². The Hall–Kier alpha value is -3.93. The maximum atomic E-state index is 13.4. The molecule has 148 valence electrons. The van der Waals surface area contributed by atoms with E-state index in [0.29, 0.717) is 16.8 Å². The lowest BCUT2D eigenvalue weighted by Gasteiger charge is -2.31. The number of ketones is 1. The van der Waals surface area contributed by atoms with Crippen molar-refractivity contribution in [3.05, 3.63) is 89.0 Å². The predicted molar refractivity (Wildman–Crippen MR) is 109 cm³/mol. The number of rotatable bonds is 2. The van der Waals surface area contributed by atoms with Gasteiger partial charge in [0.25, 0.3) is 0 Å². The number of aromatic hydroxyl groups is 2. The van der Waals surface area contributed by atoms with Gasteiger partial charge in [0.05, 0.1) is 22.7 Å². The second kappa shape index (κ2) is 6.56. The zero-order valence-electron chi connectivity index (χ0n) is 15.8. The van der Waals surface area contributed by atoms with Gasteiger partial charge in [-0.2, -0.15) is 0 Å². The summed E-state index contributed by atoms with van der Waals surface area (Å²) in [7, 11) is 0. The molecule has 3 aromatic rings. The normalized spacial score (nSPS) is 18.5. The molecule has 1 aliphatic heterocycles. The van der Waals surface area contributed by atoms with Crippen molar-refractivity contribution in [1.29, 1.82) is 0 Å². The molecule has 6 heteroatoms. The van der Waals surface area contributed by atoms with E-state index in [1.165, 1.54) is 17.0 Å². The van der Waals surface area contributed by atoms with Crippen LogP contribution in [0.3, 0.4) is 0 Å². The van der Waals surface area contributed by atoms with Crippen molar-refractivity contribution >= 4 is 23.3 Å². The highest BCUT2D eigenvalue weighted by atomic mass is 16.3. The number of carbonyl (C=O) groups is 3. The van der Waals surface area contributed by atoms with Crippen molar-refractivity contribution in [3.63, 3.8) is 0 Å². The molecule has 5 rings (SSSR count). The summed E-state index contributed by atoms with van der Waals surface area (Å²) in [6, 6.07) is 18.1. The minimum Gasteiger partial charge on any atom is -0.507 e. The molecule has 0 radical (unpaired) electrons.